The summed E-state index contributed by atoms with van der Waals surface area (Å²) in [6.45, 7) is 3.08. The van der Waals surface area contributed by atoms with Crippen LogP contribution in [0.25, 0.3) is 0 Å². The lowest BCUT2D eigenvalue weighted by molar-refractivity contribution is -0.125. The number of ether oxygens (including phenoxy) is 3. The molecule has 32 heavy (non-hydrogen) atoms. The average Bonchev–Trinajstić information content (AvgIpc) is 2.82. The highest BCUT2D eigenvalue weighted by Crippen LogP contribution is 2.37. The summed E-state index contributed by atoms with van der Waals surface area (Å²) in [4.78, 5) is 17.8. The number of carbonyl (C=O) groups is 1. The van der Waals surface area contributed by atoms with Crippen molar-refractivity contribution in [2.24, 2.45) is 0 Å². The van der Waals surface area contributed by atoms with E-state index >= 15 is 0 Å². The lowest BCUT2D eigenvalue weighted by atomic mass is 9.73. The van der Waals surface area contributed by atoms with Crippen molar-refractivity contribution in [1.82, 2.24) is 4.98 Å². The molecule has 0 radical (unpaired) electrons. The Hall–Kier alpha value is -2.90. The number of anilines is 1. The maximum absolute atomic E-state index is 13.4. The van der Waals surface area contributed by atoms with E-state index < -0.39 is 5.41 Å². The van der Waals surface area contributed by atoms with Gasteiger partial charge in [-0.05, 0) is 61.2 Å². The fraction of sp³-hybridized carbons (Fsp3) is 0.280. The SMILES string of the molecule is COc1cc(C)ccc1Oc1ccc(NC(=O)C2(c3ccc(Br)cc3)CCOCC2)cn1. The lowest BCUT2D eigenvalue weighted by Crippen LogP contribution is -2.44. The highest BCUT2D eigenvalue weighted by Gasteiger charge is 2.41. The first-order chi connectivity index (χ1) is 15.5. The molecule has 1 aliphatic rings. The number of nitrogens with zero attached hydrogens (tertiary/aromatic N) is 1. The van der Waals surface area contributed by atoms with Gasteiger partial charge in [0.05, 0.1) is 24.4 Å². The van der Waals surface area contributed by atoms with Crippen molar-refractivity contribution in [2.75, 3.05) is 25.6 Å². The molecule has 0 bridgehead atoms. The van der Waals surface area contributed by atoms with Crippen molar-refractivity contribution in [2.45, 2.75) is 25.2 Å². The van der Waals surface area contributed by atoms with E-state index in [0.717, 1.165) is 15.6 Å². The van der Waals surface area contributed by atoms with Crippen molar-refractivity contribution in [3.8, 4) is 17.4 Å². The van der Waals surface area contributed by atoms with Crippen LogP contribution in [0, 0.1) is 6.92 Å². The second-order valence-corrected chi connectivity index (χ2v) is 8.71. The van der Waals surface area contributed by atoms with Gasteiger partial charge in [-0.3, -0.25) is 4.79 Å². The van der Waals surface area contributed by atoms with Crippen LogP contribution >= 0.6 is 15.9 Å². The molecule has 1 aliphatic heterocycles. The number of hydrogen-bond acceptors (Lipinski definition) is 5. The van der Waals surface area contributed by atoms with Gasteiger partial charge in [0.25, 0.3) is 0 Å². The number of aromatic nitrogens is 1. The first-order valence-corrected chi connectivity index (χ1v) is 11.2. The normalized spacial score (nSPS) is 15.1. The summed E-state index contributed by atoms with van der Waals surface area (Å²) >= 11 is 3.47. The fourth-order valence-corrected chi connectivity index (χ4v) is 4.14. The van der Waals surface area contributed by atoms with Crippen LogP contribution in [0.15, 0.2) is 65.3 Å². The molecule has 4 rings (SSSR count). The molecule has 0 spiro atoms. The number of hydrogen-bond donors (Lipinski definition) is 1. The van der Waals surface area contributed by atoms with Gasteiger partial charge in [-0.25, -0.2) is 4.98 Å². The van der Waals surface area contributed by atoms with E-state index in [1.165, 1.54) is 0 Å². The second-order valence-electron chi connectivity index (χ2n) is 7.80. The molecule has 1 saturated heterocycles. The second kappa shape index (κ2) is 9.71. The summed E-state index contributed by atoms with van der Waals surface area (Å²) in [6, 6.07) is 17.1. The van der Waals surface area contributed by atoms with E-state index in [-0.39, 0.29) is 5.91 Å². The third-order valence-corrected chi connectivity index (χ3v) is 6.23. The number of methoxy groups -OCH3 is 1. The number of aryl methyl sites for hydroxylation is 1. The Kier molecular flexibility index (Phi) is 6.77. The molecule has 7 heteroatoms. The number of nitrogens with one attached hydrogen (secondary N) is 1. The maximum atomic E-state index is 13.4. The molecule has 1 fully saturated rings. The molecule has 2 aromatic carbocycles. The molecule has 0 unspecified atom stereocenters. The van der Waals surface area contributed by atoms with Crippen molar-refractivity contribution < 1.29 is 19.0 Å². The Morgan fingerprint density at radius 2 is 1.81 bits per heavy atom. The van der Waals surface area contributed by atoms with Crippen LogP contribution in [0.3, 0.4) is 0 Å². The Balaban J connectivity index is 1.51. The predicted octanol–water partition coefficient (Wildman–Crippen LogP) is 5.64. The topological polar surface area (TPSA) is 69.7 Å². The third kappa shape index (κ3) is 4.79. The Morgan fingerprint density at radius 3 is 2.47 bits per heavy atom. The zero-order chi connectivity index (χ0) is 22.6. The Bertz CT molecular complexity index is 1080. The first kappa shape index (κ1) is 22.3. The van der Waals surface area contributed by atoms with Crippen LogP contribution in [-0.2, 0) is 14.9 Å². The van der Waals surface area contributed by atoms with Gasteiger partial charge in [0.2, 0.25) is 11.8 Å². The highest BCUT2D eigenvalue weighted by atomic mass is 79.9. The van der Waals surface area contributed by atoms with Gasteiger partial charge in [0.1, 0.15) is 0 Å². The zero-order valence-electron chi connectivity index (χ0n) is 18.1. The van der Waals surface area contributed by atoms with Crippen LogP contribution in [0.2, 0.25) is 0 Å². The van der Waals surface area contributed by atoms with Crippen molar-refractivity contribution in [3.05, 3.63) is 76.4 Å². The zero-order valence-corrected chi connectivity index (χ0v) is 19.6. The Morgan fingerprint density at radius 1 is 1.06 bits per heavy atom. The summed E-state index contributed by atoms with van der Waals surface area (Å²) in [5, 5.41) is 3.04. The van der Waals surface area contributed by atoms with Crippen LogP contribution in [0.4, 0.5) is 5.69 Å². The number of halogens is 1. The van der Waals surface area contributed by atoms with Crippen LogP contribution < -0.4 is 14.8 Å². The minimum Gasteiger partial charge on any atom is -0.493 e. The molecule has 1 aromatic heterocycles. The smallest absolute Gasteiger partial charge is 0.235 e. The van der Waals surface area contributed by atoms with Gasteiger partial charge < -0.3 is 19.5 Å². The van der Waals surface area contributed by atoms with Crippen LogP contribution in [0.1, 0.15) is 24.0 Å². The van der Waals surface area contributed by atoms with E-state index in [0.29, 0.717) is 49.1 Å². The summed E-state index contributed by atoms with van der Waals surface area (Å²) in [7, 11) is 1.60. The minimum absolute atomic E-state index is 0.0567. The number of pyridine rings is 1. The van der Waals surface area contributed by atoms with Crippen molar-refractivity contribution >= 4 is 27.5 Å². The van der Waals surface area contributed by atoms with Crippen molar-refractivity contribution in [3.63, 3.8) is 0 Å². The molecular weight excluding hydrogens is 472 g/mol. The van der Waals surface area contributed by atoms with E-state index in [4.69, 9.17) is 14.2 Å². The molecule has 0 atom stereocenters. The monoisotopic (exact) mass is 496 g/mol. The molecule has 0 saturated carbocycles. The number of benzene rings is 2. The van der Waals surface area contributed by atoms with Gasteiger partial charge in [-0.2, -0.15) is 0 Å². The van der Waals surface area contributed by atoms with E-state index in [1.54, 1.807) is 25.4 Å². The van der Waals surface area contributed by atoms with E-state index in [1.807, 2.05) is 49.4 Å². The van der Waals surface area contributed by atoms with Gasteiger partial charge in [-0.15, -0.1) is 0 Å². The van der Waals surface area contributed by atoms with Gasteiger partial charge >= 0.3 is 0 Å². The Labute approximate surface area is 196 Å². The summed E-state index contributed by atoms with van der Waals surface area (Å²) < 4.78 is 17.8. The minimum atomic E-state index is -0.636. The molecule has 1 N–H and O–H groups in total. The molecule has 6 nitrogen and oxygen atoms in total. The van der Waals surface area contributed by atoms with Crippen LogP contribution in [-0.4, -0.2) is 31.2 Å². The van der Waals surface area contributed by atoms with Gasteiger partial charge in [-0.1, -0.05) is 34.1 Å². The largest absolute Gasteiger partial charge is 0.493 e. The molecule has 2 heterocycles. The molecule has 3 aromatic rings. The number of carbonyl (C=O) groups excluding carboxylic acids is 1. The molecule has 1 amide bonds. The molecule has 0 aliphatic carbocycles. The van der Waals surface area contributed by atoms with Crippen LogP contribution in [0.5, 0.6) is 17.4 Å². The summed E-state index contributed by atoms with van der Waals surface area (Å²) in [5.41, 5.74) is 2.04. The first-order valence-electron chi connectivity index (χ1n) is 10.4. The highest BCUT2D eigenvalue weighted by molar-refractivity contribution is 9.10. The van der Waals surface area contributed by atoms with Gasteiger partial charge in [0, 0.05) is 23.8 Å². The standard InChI is InChI=1S/C25H25BrN2O4/c1-17-3-9-21(22(15-17)30-2)32-23-10-8-20(16-27-23)28-24(29)25(11-13-31-14-12-25)18-4-6-19(26)7-5-18/h3-10,15-16H,11-14H2,1-2H3,(H,28,29). The fourth-order valence-electron chi connectivity index (χ4n) is 3.87. The number of rotatable bonds is 6. The quantitative estimate of drug-likeness (QED) is 0.478. The number of amides is 1. The van der Waals surface area contributed by atoms with E-state index in [2.05, 4.69) is 26.2 Å². The molecule has 166 valence electrons. The predicted molar refractivity (Wildman–Crippen MR) is 127 cm³/mol. The lowest BCUT2D eigenvalue weighted by Gasteiger charge is -2.36. The maximum Gasteiger partial charge on any atom is 0.235 e. The summed E-state index contributed by atoms with van der Waals surface area (Å²) in [6.07, 6.45) is 2.85. The summed E-state index contributed by atoms with van der Waals surface area (Å²) in [5.74, 6) is 1.58. The van der Waals surface area contributed by atoms with Crippen molar-refractivity contribution in [1.29, 1.82) is 0 Å². The van der Waals surface area contributed by atoms with Gasteiger partial charge in [0.15, 0.2) is 11.5 Å². The molecular formula is C25H25BrN2O4. The van der Waals surface area contributed by atoms with E-state index in [9.17, 15) is 4.79 Å². The average molecular weight is 497 g/mol. The third-order valence-electron chi connectivity index (χ3n) is 5.71.